The molecule has 2 saturated heterocycles. The summed E-state index contributed by atoms with van der Waals surface area (Å²) in [6.45, 7) is 3.55. The lowest BCUT2D eigenvalue weighted by molar-refractivity contribution is -0.199. The monoisotopic (exact) mass is 349 g/mol. The fourth-order valence-corrected chi connectivity index (χ4v) is 3.46. The molecule has 2 aliphatic heterocycles. The molecule has 0 radical (unpaired) electrons. The van der Waals surface area contributed by atoms with Crippen LogP contribution in [0.15, 0.2) is 12.4 Å². The van der Waals surface area contributed by atoms with Gasteiger partial charge in [0.15, 0.2) is 17.7 Å². The summed E-state index contributed by atoms with van der Waals surface area (Å²) in [7, 11) is 3.79. The van der Waals surface area contributed by atoms with Crippen molar-refractivity contribution in [2.24, 2.45) is 0 Å². The summed E-state index contributed by atoms with van der Waals surface area (Å²) in [6, 6.07) is 1.78. The molecule has 0 unspecified atom stereocenters. The Hall–Kier alpha value is -1.94. The lowest BCUT2D eigenvalue weighted by Gasteiger charge is -2.24. The molecule has 136 valence electrons. The zero-order valence-corrected chi connectivity index (χ0v) is 14.7. The second-order valence-corrected chi connectivity index (χ2v) is 7.10. The van der Waals surface area contributed by atoms with E-state index in [9.17, 15) is 5.11 Å². The van der Waals surface area contributed by atoms with E-state index >= 15 is 0 Å². The number of rotatable bonds is 3. The smallest absolute Gasteiger partial charge is 0.166 e. The molecule has 9 nitrogen and oxygen atoms in total. The second-order valence-electron chi connectivity index (χ2n) is 7.10. The van der Waals surface area contributed by atoms with Crippen molar-refractivity contribution in [2.45, 2.75) is 44.2 Å². The molecule has 2 aromatic heterocycles. The normalized spacial score (nSPS) is 30.8. The molecular formula is C16H23N5O4. The van der Waals surface area contributed by atoms with Crippen molar-refractivity contribution in [3.63, 3.8) is 0 Å². The van der Waals surface area contributed by atoms with Gasteiger partial charge in [-0.25, -0.2) is 9.97 Å². The van der Waals surface area contributed by atoms with E-state index in [1.807, 2.05) is 32.8 Å². The number of hydrogen-bond donors (Lipinski definition) is 2. The zero-order chi connectivity index (χ0) is 17.9. The summed E-state index contributed by atoms with van der Waals surface area (Å²) in [4.78, 5) is 10.9. The third-order valence-electron chi connectivity index (χ3n) is 4.58. The van der Waals surface area contributed by atoms with Crippen molar-refractivity contribution in [3.05, 3.63) is 12.4 Å². The molecule has 0 bridgehead atoms. The van der Waals surface area contributed by atoms with Crippen LogP contribution < -0.4 is 10.6 Å². The highest BCUT2D eigenvalue weighted by atomic mass is 16.8. The molecule has 0 aromatic carbocycles. The Kier molecular flexibility index (Phi) is 3.66. The van der Waals surface area contributed by atoms with E-state index < -0.39 is 18.1 Å². The van der Waals surface area contributed by atoms with Crippen LogP contribution in [-0.2, 0) is 14.2 Å². The predicted molar refractivity (Wildman–Crippen MR) is 91.1 cm³/mol. The maximum absolute atomic E-state index is 9.65. The van der Waals surface area contributed by atoms with Gasteiger partial charge in [-0.15, -0.1) is 0 Å². The number of nitrogens with zero attached hydrogens (tertiary/aromatic N) is 4. The molecule has 3 N–H and O–H groups in total. The Morgan fingerprint density at radius 2 is 2.04 bits per heavy atom. The topological polar surface area (TPSA) is 108 Å². The van der Waals surface area contributed by atoms with E-state index in [1.54, 1.807) is 17.0 Å². The number of anilines is 2. The van der Waals surface area contributed by atoms with Gasteiger partial charge in [0.05, 0.1) is 18.6 Å². The van der Waals surface area contributed by atoms with Gasteiger partial charge in [-0.1, -0.05) is 0 Å². The lowest BCUT2D eigenvalue weighted by Crippen LogP contribution is -2.31. The SMILES string of the molecule is CN(C)c1cc(N)c2ncn([C@@H]3O[C@H](CO)[C@H]4OC(C)(C)O[C@H]43)c2n1. The maximum Gasteiger partial charge on any atom is 0.166 e. The van der Waals surface area contributed by atoms with Crippen molar-refractivity contribution in [3.8, 4) is 0 Å². The summed E-state index contributed by atoms with van der Waals surface area (Å²) in [6.07, 6.45) is -0.0434. The summed E-state index contributed by atoms with van der Waals surface area (Å²) in [5.41, 5.74) is 7.90. The van der Waals surface area contributed by atoms with Crippen LogP contribution in [0, 0.1) is 0 Å². The number of nitrogen functional groups attached to an aromatic ring is 1. The highest BCUT2D eigenvalue weighted by molar-refractivity contribution is 5.86. The summed E-state index contributed by atoms with van der Waals surface area (Å²) >= 11 is 0. The molecule has 2 fully saturated rings. The van der Waals surface area contributed by atoms with Crippen molar-refractivity contribution < 1.29 is 19.3 Å². The quantitative estimate of drug-likeness (QED) is 0.824. The minimum absolute atomic E-state index is 0.151. The molecule has 2 aliphatic rings. The molecule has 4 heterocycles. The van der Waals surface area contributed by atoms with E-state index in [0.717, 1.165) is 5.82 Å². The van der Waals surface area contributed by atoms with Gasteiger partial charge in [0.1, 0.15) is 29.6 Å². The van der Waals surface area contributed by atoms with E-state index in [2.05, 4.69) is 9.97 Å². The lowest BCUT2D eigenvalue weighted by atomic mass is 10.1. The first-order valence-corrected chi connectivity index (χ1v) is 8.23. The van der Waals surface area contributed by atoms with Crippen molar-refractivity contribution in [1.29, 1.82) is 0 Å². The highest BCUT2D eigenvalue weighted by Gasteiger charge is 2.55. The molecule has 2 aromatic rings. The molecule has 25 heavy (non-hydrogen) atoms. The molecule has 0 amide bonds. The Balaban J connectivity index is 1.79. The number of aliphatic hydroxyl groups excluding tert-OH is 1. The minimum Gasteiger partial charge on any atom is -0.397 e. The molecule has 9 heteroatoms. The highest BCUT2D eigenvalue weighted by Crippen LogP contribution is 2.43. The third-order valence-corrected chi connectivity index (χ3v) is 4.58. The molecular weight excluding hydrogens is 326 g/mol. The number of aliphatic hydroxyl groups is 1. The number of imidazole rings is 1. The zero-order valence-electron chi connectivity index (χ0n) is 14.7. The number of nitrogens with two attached hydrogens (primary N) is 1. The predicted octanol–water partition coefficient (Wildman–Crippen LogP) is 0.489. The van der Waals surface area contributed by atoms with Gasteiger partial charge in [0, 0.05) is 20.2 Å². The Morgan fingerprint density at radius 3 is 2.72 bits per heavy atom. The van der Waals surface area contributed by atoms with Gasteiger partial charge in [0.25, 0.3) is 0 Å². The van der Waals surface area contributed by atoms with Crippen LogP contribution in [0.3, 0.4) is 0 Å². The molecule has 4 rings (SSSR count). The maximum atomic E-state index is 9.65. The molecule has 0 spiro atoms. The van der Waals surface area contributed by atoms with E-state index in [4.69, 9.17) is 19.9 Å². The van der Waals surface area contributed by atoms with Gasteiger partial charge in [0.2, 0.25) is 0 Å². The van der Waals surface area contributed by atoms with Gasteiger partial charge >= 0.3 is 0 Å². The number of aromatic nitrogens is 3. The van der Waals surface area contributed by atoms with Crippen LogP contribution in [0.2, 0.25) is 0 Å². The van der Waals surface area contributed by atoms with Crippen LogP contribution in [0.25, 0.3) is 11.2 Å². The molecule has 0 saturated carbocycles. The summed E-state index contributed by atoms with van der Waals surface area (Å²) < 4.78 is 19.7. The van der Waals surface area contributed by atoms with Gasteiger partial charge in [-0.05, 0) is 13.8 Å². The molecule has 4 atom stereocenters. The van der Waals surface area contributed by atoms with Crippen LogP contribution in [-0.4, -0.2) is 64.4 Å². The Labute approximate surface area is 145 Å². The van der Waals surface area contributed by atoms with Crippen molar-refractivity contribution >= 4 is 22.7 Å². The number of pyridine rings is 1. The average molecular weight is 349 g/mol. The largest absolute Gasteiger partial charge is 0.397 e. The van der Waals surface area contributed by atoms with Gasteiger partial charge in [-0.2, -0.15) is 0 Å². The minimum atomic E-state index is -0.734. The van der Waals surface area contributed by atoms with Crippen molar-refractivity contribution in [1.82, 2.24) is 14.5 Å². The number of fused-ring (bicyclic) bond motifs is 2. The number of hydrogen-bond acceptors (Lipinski definition) is 8. The van der Waals surface area contributed by atoms with E-state index in [-0.39, 0.29) is 18.8 Å². The fourth-order valence-electron chi connectivity index (χ4n) is 3.46. The first-order chi connectivity index (χ1) is 11.8. The summed E-state index contributed by atoms with van der Waals surface area (Å²) in [5.74, 6) is -0.00785. The Bertz CT molecular complexity index is 805. The first kappa shape index (κ1) is 16.5. The first-order valence-electron chi connectivity index (χ1n) is 8.23. The van der Waals surface area contributed by atoms with Crippen molar-refractivity contribution in [2.75, 3.05) is 31.3 Å². The fraction of sp³-hybridized carbons (Fsp3) is 0.625. The second kappa shape index (κ2) is 5.53. The third kappa shape index (κ3) is 2.54. The number of ether oxygens (including phenoxy) is 3. The van der Waals surface area contributed by atoms with Crippen LogP contribution in [0.4, 0.5) is 11.5 Å². The van der Waals surface area contributed by atoms with E-state index in [0.29, 0.717) is 16.9 Å². The van der Waals surface area contributed by atoms with Crippen LogP contribution in [0.5, 0.6) is 0 Å². The van der Waals surface area contributed by atoms with E-state index in [1.165, 1.54) is 0 Å². The van der Waals surface area contributed by atoms with Crippen LogP contribution in [0.1, 0.15) is 20.1 Å². The van der Waals surface area contributed by atoms with Gasteiger partial charge < -0.3 is 30.0 Å². The molecule has 0 aliphatic carbocycles. The van der Waals surface area contributed by atoms with Crippen LogP contribution >= 0.6 is 0 Å². The Morgan fingerprint density at radius 1 is 1.32 bits per heavy atom. The standard InChI is InChI=1S/C16H23N5O4/c1-16(2)24-12-9(6-22)23-15(13(12)25-16)21-7-18-11-8(17)5-10(20(3)4)19-14(11)21/h5,7,9,12-13,15,22H,6H2,1-4H3,(H2,17,19)/t9-,12-,13-,15-/m1/s1. The summed E-state index contributed by atoms with van der Waals surface area (Å²) in [5, 5.41) is 9.65. The average Bonchev–Trinajstić information content (AvgIpc) is 3.17. The van der Waals surface area contributed by atoms with Gasteiger partial charge in [-0.3, -0.25) is 4.57 Å².